The number of hydrogen-bond donors (Lipinski definition) is 1. The van der Waals surface area contributed by atoms with E-state index in [9.17, 15) is 4.79 Å². The van der Waals surface area contributed by atoms with Crippen molar-refractivity contribution in [2.24, 2.45) is 17.8 Å². The molecule has 1 aliphatic rings. The maximum absolute atomic E-state index is 11.7. The van der Waals surface area contributed by atoms with Crippen molar-refractivity contribution in [2.75, 3.05) is 6.54 Å². The summed E-state index contributed by atoms with van der Waals surface area (Å²) in [6.45, 7) is 7.36. The van der Waals surface area contributed by atoms with E-state index in [4.69, 9.17) is 0 Å². The molecule has 0 atom stereocenters. The van der Waals surface area contributed by atoms with Crippen molar-refractivity contribution in [3.05, 3.63) is 0 Å². The fourth-order valence-corrected chi connectivity index (χ4v) is 1.97. The quantitative estimate of drug-likeness (QED) is 0.740. The lowest BCUT2D eigenvalue weighted by atomic mass is 9.82. The Morgan fingerprint density at radius 3 is 2.36 bits per heavy atom. The first-order valence-electron chi connectivity index (χ1n) is 5.87. The van der Waals surface area contributed by atoms with E-state index in [1.165, 1.54) is 12.8 Å². The minimum atomic E-state index is 0.283. The second kappa shape index (κ2) is 5.38. The average molecular weight is 197 g/mol. The van der Waals surface area contributed by atoms with Crippen molar-refractivity contribution in [1.29, 1.82) is 0 Å². The molecule has 1 N–H and O–H groups in total. The molecule has 1 aliphatic carbocycles. The first-order chi connectivity index (χ1) is 6.59. The Kier molecular flexibility index (Phi) is 4.43. The zero-order valence-electron chi connectivity index (χ0n) is 9.68. The summed E-state index contributed by atoms with van der Waals surface area (Å²) in [5.74, 6) is 1.96. The van der Waals surface area contributed by atoms with E-state index in [2.05, 4.69) is 26.1 Å². The summed E-state index contributed by atoms with van der Waals surface area (Å²) >= 11 is 0. The molecule has 1 rings (SSSR count). The number of carbonyl (C=O) groups is 1. The van der Waals surface area contributed by atoms with Crippen molar-refractivity contribution in [1.82, 2.24) is 5.32 Å². The van der Waals surface area contributed by atoms with Gasteiger partial charge in [0.15, 0.2) is 0 Å². The van der Waals surface area contributed by atoms with E-state index in [-0.39, 0.29) is 5.91 Å². The SMILES string of the molecule is CC(C)CNC(=O)[C@H]1CC[C@H](C)CC1. The van der Waals surface area contributed by atoms with Gasteiger partial charge in [-0.1, -0.05) is 20.8 Å². The summed E-state index contributed by atoms with van der Waals surface area (Å²) in [5, 5.41) is 3.03. The molecule has 0 saturated heterocycles. The van der Waals surface area contributed by atoms with E-state index in [1.54, 1.807) is 0 Å². The van der Waals surface area contributed by atoms with E-state index in [1.807, 2.05) is 0 Å². The summed E-state index contributed by atoms with van der Waals surface area (Å²) in [6, 6.07) is 0. The van der Waals surface area contributed by atoms with Crippen LogP contribution in [0.4, 0.5) is 0 Å². The van der Waals surface area contributed by atoms with E-state index in [0.29, 0.717) is 11.8 Å². The van der Waals surface area contributed by atoms with Gasteiger partial charge in [0.2, 0.25) is 5.91 Å². The molecule has 1 saturated carbocycles. The third kappa shape index (κ3) is 3.69. The topological polar surface area (TPSA) is 29.1 Å². The molecular formula is C12H23NO. The normalized spacial score (nSPS) is 27.7. The van der Waals surface area contributed by atoms with Gasteiger partial charge in [0.05, 0.1) is 0 Å². The summed E-state index contributed by atoms with van der Waals surface area (Å²) < 4.78 is 0. The summed E-state index contributed by atoms with van der Waals surface area (Å²) in [4.78, 5) is 11.7. The van der Waals surface area contributed by atoms with Gasteiger partial charge in [-0.25, -0.2) is 0 Å². The molecule has 14 heavy (non-hydrogen) atoms. The van der Waals surface area contributed by atoms with Gasteiger partial charge in [0, 0.05) is 12.5 Å². The third-order valence-corrected chi connectivity index (χ3v) is 3.07. The Balaban J connectivity index is 2.24. The highest BCUT2D eigenvalue weighted by Gasteiger charge is 2.23. The van der Waals surface area contributed by atoms with Gasteiger partial charge in [-0.15, -0.1) is 0 Å². The standard InChI is InChI=1S/C12H23NO/c1-9(2)8-13-12(14)11-6-4-10(3)5-7-11/h9-11H,4-8H2,1-3H3,(H,13,14)/t10-,11-. The van der Waals surface area contributed by atoms with Crippen LogP contribution in [0.25, 0.3) is 0 Å². The van der Waals surface area contributed by atoms with Crippen LogP contribution in [-0.4, -0.2) is 12.5 Å². The lowest BCUT2D eigenvalue weighted by molar-refractivity contribution is -0.126. The van der Waals surface area contributed by atoms with Crippen LogP contribution >= 0.6 is 0 Å². The smallest absolute Gasteiger partial charge is 0.223 e. The Bertz CT molecular complexity index is 181. The second-order valence-corrected chi connectivity index (χ2v) is 5.10. The molecule has 2 nitrogen and oxygen atoms in total. The highest BCUT2D eigenvalue weighted by atomic mass is 16.1. The zero-order chi connectivity index (χ0) is 10.6. The van der Waals surface area contributed by atoms with Gasteiger partial charge in [-0.3, -0.25) is 4.79 Å². The van der Waals surface area contributed by atoms with Crippen LogP contribution < -0.4 is 5.32 Å². The molecule has 1 fully saturated rings. The number of hydrogen-bond acceptors (Lipinski definition) is 1. The van der Waals surface area contributed by atoms with Crippen LogP contribution in [0.2, 0.25) is 0 Å². The van der Waals surface area contributed by atoms with Crippen LogP contribution in [-0.2, 0) is 4.79 Å². The van der Waals surface area contributed by atoms with Gasteiger partial charge in [0.25, 0.3) is 0 Å². The molecular weight excluding hydrogens is 174 g/mol. The predicted molar refractivity (Wildman–Crippen MR) is 59.0 cm³/mol. The maximum Gasteiger partial charge on any atom is 0.223 e. The van der Waals surface area contributed by atoms with Crippen molar-refractivity contribution < 1.29 is 4.79 Å². The number of carbonyl (C=O) groups excluding carboxylic acids is 1. The zero-order valence-corrected chi connectivity index (χ0v) is 9.68. The van der Waals surface area contributed by atoms with E-state index >= 15 is 0 Å². The maximum atomic E-state index is 11.7. The largest absolute Gasteiger partial charge is 0.356 e. The Morgan fingerprint density at radius 1 is 1.29 bits per heavy atom. The molecule has 2 heteroatoms. The van der Waals surface area contributed by atoms with Gasteiger partial charge in [-0.2, -0.15) is 0 Å². The summed E-state index contributed by atoms with van der Waals surface area (Å²) in [6.07, 6.45) is 4.62. The van der Waals surface area contributed by atoms with Crippen LogP contribution in [0.15, 0.2) is 0 Å². The molecule has 0 spiro atoms. The lowest BCUT2D eigenvalue weighted by Crippen LogP contribution is -2.35. The van der Waals surface area contributed by atoms with Gasteiger partial charge < -0.3 is 5.32 Å². The number of rotatable bonds is 3. The molecule has 0 bridgehead atoms. The van der Waals surface area contributed by atoms with Crippen LogP contribution in [0.3, 0.4) is 0 Å². The summed E-state index contributed by atoms with van der Waals surface area (Å²) in [5.41, 5.74) is 0. The highest BCUT2D eigenvalue weighted by Crippen LogP contribution is 2.28. The fourth-order valence-electron chi connectivity index (χ4n) is 1.97. The summed E-state index contributed by atoms with van der Waals surface area (Å²) in [7, 11) is 0. The molecule has 0 radical (unpaired) electrons. The van der Waals surface area contributed by atoms with Crippen molar-refractivity contribution >= 4 is 5.91 Å². The molecule has 0 aromatic heterocycles. The Morgan fingerprint density at radius 2 is 1.86 bits per heavy atom. The molecule has 0 aliphatic heterocycles. The van der Waals surface area contributed by atoms with Crippen molar-refractivity contribution in [3.63, 3.8) is 0 Å². The third-order valence-electron chi connectivity index (χ3n) is 3.07. The number of nitrogens with one attached hydrogen (secondary N) is 1. The monoisotopic (exact) mass is 197 g/mol. The van der Waals surface area contributed by atoms with Crippen molar-refractivity contribution in [3.8, 4) is 0 Å². The predicted octanol–water partition coefficient (Wildman–Crippen LogP) is 2.58. The molecule has 1 amide bonds. The van der Waals surface area contributed by atoms with Gasteiger partial charge >= 0.3 is 0 Å². The Hall–Kier alpha value is -0.530. The molecule has 0 aromatic carbocycles. The molecule has 82 valence electrons. The molecule has 0 heterocycles. The fraction of sp³-hybridized carbons (Fsp3) is 0.917. The lowest BCUT2D eigenvalue weighted by Gasteiger charge is -2.25. The van der Waals surface area contributed by atoms with Crippen LogP contribution in [0, 0.1) is 17.8 Å². The van der Waals surface area contributed by atoms with Crippen LogP contribution in [0.5, 0.6) is 0 Å². The van der Waals surface area contributed by atoms with Crippen molar-refractivity contribution in [2.45, 2.75) is 46.5 Å². The second-order valence-electron chi connectivity index (χ2n) is 5.10. The van der Waals surface area contributed by atoms with Gasteiger partial charge in [0.1, 0.15) is 0 Å². The Labute approximate surface area is 87.5 Å². The van der Waals surface area contributed by atoms with E-state index < -0.39 is 0 Å². The van der Waals surface area contributed by atoms with Crippen LogP contribution in [0.1, 0.15) is 46.5 Å². The molecule has 0 unspecified atom stereocenters. The highest BCUT2D eigenvalue weighted by molar-refractivity contribution is 5.78. The first-order valence-corrected chi connectivity index (χ1v) is 5.87. The average Bonchev–Trinajstić information content (AvgIpc) is 2.15. The molecule has 0 aromatic rings. The minimum absolute atomic E-state index is 0.283. The minimum Gasteiger partial charge on any atom is -0.356 e. The number of amides is 1. The van der Waals surface area contributed by atoms with E-state index in [0.717, 1.165) is 25.3 Å². The van der Waals surface area contributed by atoms with Gasteiger partial charge in [-0.05, 0) is 37.5 Å². The first kappa shape index (κ1) is 11.5.